The Kier molecular flexibility index (Phi) is 7.47. The van der Waals surface area contributed by atoms with Gasteiger partial charge in [0, 0.05) is 31.7 Å². The molecule has 1 N–H and O–H groups in total. The highest BCUT2D eigenvalue weighted by Gasteiger charge is 2.63. The quantitative estimate of drug-likeness (QED) is 0.425. The zero-order valence-corrected chi connectivity index (χ0v) is 23.7. The summed E-state index contributed by atoms with van der Waals surface area (Å²) in [6, 6.07) is 9.32. The lowest BCUT2D eigenvalue weighted by Crippen LogP contribution is -2.57. The van der Waals surface area contributed by atoms with E-state index in [-0.39, 0.29) is 28.4 Å². The van der Waals surface area contributed by atoms with Crippen molar-refractivity contribution in [2.24, 2.45) is 46.3 Å². The second-order valence-corrected chi connectivity index (χ2v) is 15.1. The Balaban J connectivity index is 1.18. The number of carbonyl (C=O) groups is 2. The maximum Gasteiger partial charge on any atom is 0.215 e. The standard InChI is InChI=1S/C31H45NO4S/c1-21(8-7-17-32-37(35,36)20-22-9-5-4-6-10-22)25-11-12-26-29-27(14-16-31(25,26)3)30(2)15-13-24(33)18-23(30)19-28(29)34/h4-6,9-10,21,23,25-27,29,32H,7-8,11-20H2,1-3H3/t21-,23+,25-,26+,27+,29+,30+,31-/m1/s1. The van der Waals surface area contributed by atoms with E-state index in [1.165, 1.54) is 12.8 Å². The Labute approximate surface area is 223 Å². The van der Waals surface area contributed by atoms with Crippen LogP contribution in [0, 0.1) is 46.3 Å². The molecule has 0 radical (unpaired) electrons. The second-order valence-electron chi connectivity index (χ2n) is 13.3. The van der Waals surface area contributed by atoms with Gasteiger partial charge in [-0.15, -0.1) is 0 Å². The fraction of sp³-hybridized carbons (Fsp3) is 0.742. The molecule has 4 fully saturated rings. The average Bonchev–Trinajstić information content (AvgIpc) is 3.20. The van der Waals surface area contributed by atoms with Crippen molar-refractivity contribution >= 4 is 21.6 Å². The number of nitrogens with one attached hydrogen (secondary N) is 1. The van der Waals surface area contributed by atoms with E-state index in [1.807, 2.05) is 30.3 Å². The molecule has 1 aromatic carbocycles. The summed E-state index contributed by atoms with van der Waals surface area (Å²) in [5.74, 6) is 3.26. The van der Waals surface area contributed by atoms with E-state index in [2.05, 4.69) is 25.5 Å². The van der Waals surface area contributed by atoms with Gasteiger partial charge in [-0.2, -0.15) is 0 Å². The summed E-state index contributed by atoms with van der Waals surface area (Å²) in [5, 5.41) is 0. The molecule has 0 unspecified atom stereocenters. The molecule has 6 heteroatoms. The molecule has 0 spiro atoms. The number of carbonyl (C=O) groups excluding carboxylic acids is 2. The van der Waals surface area contributed by atoms with Crippen molar-refractivity contribution < 1.29 is 18.0 Å². The first kappa shape index (κ1) is 27.1. The summed E-state index contributed by atoms with van der Waals surface area (Å²) in [6.45, 7) is 7.67. The molecule has 5 rings (SSSR count). The minimum absolute atomic E-state index is 0.0241. The number of sulfonamides is 1. The molecule has 5 nitrogen and oxygen atoms in total. The van der Waals surface area contributed by atoms with Gasteiger partial charge in [-0.3, -0.25) is 9.59 Å². The van der Waals surface area contributed by atoms with Crippen LogP contribution in [0.3, 0.4) is 0 Å². The molecule has 37 heavy (non-hydrogen) atoms. The van der Waals surface area contributed by atoms with E-state index < -0.39 is 10.0 Å². The predicted octanol–water partition coefficient (Wildman–Crippen LogP) is 5.93. The van der Waals surface area contributed by atoms with E-state index in [0.29, 0.717) is 61.0 Å². The van der Waals surface area contributed by atoms with Crippen LogP contribution in [0.1, 0.15) is 90.5 Å². The maximum absolute atomic E-state index is 13.6. The molecule has 0 bridgehead atoms. The second kappa shape index (κ2) is 10.2. The molecule has 4 saturated carbocycles. The van der Waals surface area contributed by atoms with Gasteiger partial charge < -0.3 is 0 Å². The Hall–Kier alpha value is -1.53. The van der Waals surface area contributed by atoms with E-state index in [1.54, 1.807) is 0 Å². The maximum atomic E-state index is 13.6. The van der Waals surface area contributed by atoms with Crippen LogP contribution in [0.2, 0.25) is 0 Å². The number of hydrogen-bond acceptors (Lipinski definition) is 4. The molecular formula is C31H45NO4S. The topological polar surface area (TPSA) is 80.3 Å². The van der Waals surface area contributed by atoms with Crippen molar-refractivity contribution in [2.75, 3.05) is 6.54 Å². The van der Waals surface area contributed by atoms with Crippen LogP contribution in [0.5, 0.6) is 0 Å². The molecule has 0 saturated heterocycles. The zero-order chi connectivity index (χ0) is 26.4. The van der Waals surface area contributed by atoms with Gasteiger partial charge >= 0.3 is 0 Å². The van der Waals surface area contributed by atoms with Gasteiger partial charge in [0.25, 0.3) is 0 Å². The van der Waals surface area contributed by atoms with Gasteiger partial charge in [-0.1, -0.05) is 51.1 Å². The Morgan fingerprint density at radius 3 is 2.46 bits per heavy atom. The van der Waals surface area contributed by atoms with Crippen molar-refractivity contribution in [3.8, 4) is 0 Å². The van der Waals surface area contributed by atoms with Crippen LogP contribution in [0.4, 0.5) is 0 Å². The first-order valence-corrected chi connectivity index (χ1v) is 16.2. The number of ketones is 2. The molecule has 0 aliphatic heterocycles. The lowest BCUT2D eigenvalue weighted by molar-refractivity contribution is -0.159. The van der Waals surface area contributed by atoms with Crippen LogP contribution in [0.15, 0.2) is 30.3 Å². The van der Waals surface area contributed by atoms with Crippen molar-refractivity contribution in [1.82, 2.24) is 4.72 Å². The van der Waals surface area contributed by atoms with Gasteiger partial charge in [-0.25, -0.2) is 13.1 Å². The third kappa shape index (κ3) is 5.09. The van der Waals surface area contributed by atoms with Crippen LogP contribution < -0.4 is 4.72 Å². The van der Waals surface area contributed by atoms with Crippen molar-refractivity contribution in [1.29, 1.82) is 0 Å². The smallest absolute Gasteiger partial charge is 0.215 e. The minimum atomic E-state index is -3.33. The molecule has 4 aliphatic carbocycles. The molecule has 204 valence electrons. The third-order valence-electron chi connectivity index (χ3n) is 11.4. The van der Waals surface area contributed by atoms with Gasteiger partial charge in [-0.05, 0) is 90.9 Å². The highest BCUT2D eigenvalue weighted by atomic mass is 32.2. The molecule has 0 heterocycles. The van der Waals surface area contributed by atoms with Crippen LogP contribution >= 0.6 is 0 Å². The molecule has 1 aromatic rings. The average molecular weight is 528 g/mol. The first-order chi connectivity index (χ1) is 17.5. The number of rotatable bonds is 8. The normalized spacial score (nSPS) is 38.5. The fourth-order valence-electron chi connectivity index (χ4n) is 9.40. The first-order valence-electron chi connectivity index (χ1n) is 14.6. The van der Waals surface area contributed by atoms with E-state index in [4.69, 9.17) is 0 Å². The largest absolute Gasteiger partial charge is 0.300 e. The lowest BCUT2D eigenvalue weighted by atomic mass is 9.44. The number of Topliss-reactive ketones (excluding diaryl/α,β-unsaturated/α-hetero) is 2. The summed E-state index contributed by atoms with van der Waals surface area (Å²) >= 11 is 0. The van der Waals surface area contributed by atoms with Crippen LogP contribution in [-0.2, 0) is 25.4 Å². The molecule has 4 aliphatic rings. The molecule has 8 atom stereocenters. The van der Waals surface area contributed by atoms with E-state index in [0.717, 1.165) is 37.7 Å². The fourth-order valence-corrected chi connectivity index (χ4v) is 10.6. The van der Waals surface area contributed by atoms with Crippen LogP contribution in [0.25, 0.3) is 0 Å². The van der Waals surface area contributed by atoms with Gasteiger partial charge in [0.15, 0.2) is 0 Å². The number of hydrogen-bond donors (Lipinski definition) is 1. The molecular weight excluding hydrogens is 482 g/mol. The SMILES string of the molecule is C[C@H](CCCNS(=O)(=O)Cc1ccccc1)[C@H]1CC[C@H]2[C@@H]3C(=O)C[C@@H]4CC(=O)CC[C@]4(C)[C@H]3CC[C@]12C. The van der Waals surface area contributed by atoms with Crippen molar-refractivity contribution in [3.63, 3.8) is 0 Å². The predicted molar refractivity (Wildman–Crippen MR) is 146 cm³/mol. The lowest BCUT2D eigenvalue weighted by Gasteiger charge is -2.59. The summed E-state index contributed by atoms with van der Waals surface area (Å²) in [4.78, 5) is 25.7. The Morgan fingerprint density at radius 2 is 1.70 bits per heavy atom. The highest BCUT2D eigenvalue weighted by Crippen LogP contribution is 2.67. The minimum Gasteiger partial charge on any atom is -0.300 e. The summed E-state index contributed by atoms with van der Waals surface area (Å²) in [7, 11) is -3.33. The number of benzene rings is 1. The Bertz CT molecular complexity index is 1120. The van der Waals surface area contributed by atoms with Gasteiger partial charge in [0.2, 0.25) is 10.0 Å². The summed E-state index contributed by atoms with van der Waals surface area (Å²) in [6.07, 6.45) is 9.35. The zero-order valence-electron chi connectivity index (χ0n) is 22.9. The van der Waals surface area contributed by atoms with Gasteiger partial charge in [0.1, 0.15) is 11.6 Å². The third-order valence-corrected chi connectivity index (χ3v) is 12.8. The van der Waals surface area contributed by atoms with Crippen molar-refractivity contribution in [3.05, 3.63) is 35.9 Å². The van der Waals surface area contributed by atoms with Crippen LogP contribution in [-0.4, -0.2) is 26.5 Å². The van der Waals surface area contributed by atoms with E-state index >= 15 is 0 Å². The summed E-state index contributed by atoms with van der Waals surface area (Å²) < 4.78 is 27.8. The molecule has 0 amide bonds. The Morgan fingerprint density at radius 1 is 0.973 bits per heavy atom. The highest BCUT2D eigenvalue weighted by molar-refractivity contribution is 7.88. The summed E-state index contributed by atoms with van der Waals surface area (Å²) in [5.41, 5.74) is 1.15. The van der Waals surface area contributed by atoms with E-state index in [9.17, 15) is 18.0 Å². The monoisotopic (exact) mass is 527 g/mol. The number of fused-ring (bicyclic) bond motifs is 5. The van der Waals surface area contributed by atoms with Crippen molar-refractivity contribution in [2.45, 2.75) is 90.7 Å². The molecule has 0 aromatic heterocycles. The van der Waals surface area contributed by atoms with Gasteiger partial charge in [0.05, 0.1) is 5.75 Å².